The lowest BCUT2D eigenvalue weighted by Gasteiger charge is -2.17. The summed E-state index contributed by atoms with van der Waals surface area (Å²) in [6.45, 7) is 0. The third kappa shape index (κ3) is 7.37. The molecule has 0 aromatic heterocycles. The van der Waals surface area contributed by atoms with Crippen molar-refractivity contribution in [2.24, 2.45) is 0 Å². The zero-order valence-electron chi connectivity index (χ0n) is 24.6. The topological polar surface area (TPSA) is 114 Å². The van der Waals surface area contributed by atoms with E-state index in [2.05, 4.69) is 10.6 Å². The lowest BCUT2D eigenvalue weighted by molar-refractivity contribution is -0.121. The van der Waals surface area contributed by atoms with Gasteiger partial charge in [-0.15, -0.1) is 11.8 Å². The van der Waals surface area contributed by atoms with Gasteiger partial charge in [-0.05, 0) is 60.7 Å². The predicted molar refractivity (Wildman–Crippen MR) is 180 cm³/mol. The third-order valence-electron chi connectivity index (χ3n) is 6.89. The maximum atomic E-state index is 13.6. The van der Waals surface area contributed by atoms with Crippen LogP contribution in [-0.2, 0) is 14.4 Å². The number of imide groups is 1. The molecule has 5 rings (SSSR count). The monoisotopic (exact) mass is 675 g/mol. The summed E-state index contributed by atoms with van der Waals surface area (Å²) in [5.41, 5.74) is 1.44. The SMILES string of the molecule is COc1cccc(/C=C(\NC(=O)c2ccccc2)C(=O)Nc2cccc(S[C@H]3CC(=O)N(c4cc(Cl)ccc4Cl)C3=O)c2)c1OC. The highest BCUT2D eigenvalue weighted by atomic mass is 35.5. The molecule has 12 heteroatoms. The van der Waals surface area contributed by atoms with Gasteiger partial charge < -0.3 is 20.1 Å². The minimum absolute atomic E-state index is 0.0380. The van der Waals surface area contributed by atoms with Crippen molar-refractivity contribution >= 4 is 76.0 Å². The first-order chi connectivity index (χ1) is 22.2. The van der Waals surface area contributed by atoms with Gasteiger partial charge in [0.15, 0.2) is 11.5 Å². The molecule has 1 aliphatic heterocycles. The van der Waals surface area contributed by atoms with Crippen LogP contribution >= 0.6 is 35.0 Å². The highest BCUT2D eigenvalue weighted by molar-refractivity contribution is 8.00. The second-order valence-electron chi connectivity index (χ2n) is 9.92. The van der Waals surface area contributed by atoms with Gasteiger partial charge in [-0.3, -0.25) is 19.2 Å². The zero-order chi connectivity index (χ0) is 32.8. The van der Waals surface area contributed by atoms with Crippen LogP contribution < -0.4 is 25.0 Å². The van der Waals surface area contributed by atoms with E-state index in [0.29, 0.717) is 38.2 Å². The highest BCUT2D eigenvalue weighted by Crippen LogP contribution is 2.38. The number of hydrogen-bond acceptors (Lipinski definition) is 7. The summed E-state index contributed by atoms with van der Waals surface area (Å²) in [5, 5.41) is 5.39. The summed E-state index contributed by atoms with van der Waals surface area (Å²) in [7, 11) is 2.98. The molecule has 1 saturated heterocycles. The number of ether oxygens (including phenoxy) is 2. The van der Waals surface area contributed by atoms with Crippen LogP contribution in [-0.4, -0.2) is 43.1 Å². The van der Waals surface area contributed by atoms with E-state index in [-0.39, 0.29) is 22.8 Å². The summed E-state index contributed by atoms with van der Waals surface area (Å²) < 4.78 is 10.9. The Balaban J connectivity index is 1.38. The molecule has 4 amide bonds. The van der Waals surface area contributed by atoms with Crippen molar-refractivity contribution in [3.63, 3.8) is 0 Å². The summed E-state index contributed by atoms with van der Waals surface area (Å²) in [4.78, 5) is 54.5. The van der Waals surface area contributed by atoms with E-state index >= 15 is 0 Å². The number of methoxy groups -OCH3 is 2. The van der Waals surface area contributed by atoms with Crippen molar-refractivity contribution in [1.29, 1.82) is 0 Å². The number of rotatable bonds is 10. The quantitative estimate of drug-likeness (QED) is 0.140. The van der Waals surface area contributed by atoms with Gasteiger partial charge in [0.2, 0.25) is 11.8 Å². The van der Waals surface area contributed by atoms with E-state index in [9.17, 15) is 19.2 Å². The van der Waals surface area contributed by atoms with Gasteiger partial charge in [-0.25, -0.2) is 4.90 Å². The fraction of sp³-hybridized carbons (Fsp3) is 0.118. The molecule has 9 nitrogen and oxygen atoms in total. The molecule has 4 aromatic carbocycles. The van der Waals surface area contributed by atoms with Crippen molar-refractivity contribution in [2.45, 2.75) is 16.6 Å². The minimum atomic E-state index is -0.713. The number of halogens is 2. The Morgan fingerprint density at radius 1 is 0.913 bits per heavy atom. The van der Waals surface area contributed by atoms with Crippen molar-refractivity contribution in [3.05, 3.63) is 118 Å². The van der Waals surface area contributed by atoms with E-state index in [1.54, 1.807) is 78.9 Å². The van der Waals surface area contributed by atoms with Gasteiger partial charge in [0.1, 0.15) is 5.70 Å². The number of thioether (sulfide) groups is 1. The molecule has 2 N–H and O–H groups in total. The minimum Gasteiger partial charge on any atom is -0.493 e. The van der Waals surface area contributed by atoms with E-state index in [1.807, 2.05) is 0 Å². The molecule has 0 aliphatic carbocycles. The smallest absolute Gasteiger partial charge is 0.272 e. The second kappa shape index (κ2) is 14.6. The number of para-hydroxylation sites is 1. The number of carbonyl (C=O) groups is 4. The Kier molecular flexibility index (Phi) is 10.3. The van der Waals surface area contributed by atoms with E-state index in [1.165, 1.54) is 44.2 Å². The number of hydrogen-bond donors (Lipinski definition) is 2. The van der Waals surface area contributed by atoms with Crippen LogP contribution in [0.4, 0.5) is 11.4 Å². The first-order valence-electron chi connectivity index (χ1n) is 13.9. The molecule has 1 fully saturated rings. The molecular weight excluding hydrogens is 649 g/mol. The van der Waals surface area contributed by atoms with Gasteiger partial charge in [0.05, 0.1) is 30.2 Å². The molecule has 0 saturated carbocycles. The number of benzene rings is 4. The van der Waals surface area contributed by atoms with Crippen LogP contribution in [0.5, 0.6) is 11.5 Å². The number of carbonyl (C=O) groups excluding carboxylic acids is 4. The molecule has 234 valence electrons. The predicted octanol–water partition coefficient (Wildman–Crippen LogP) is 6.84. The Bertz CT molecular complexity index is 1850. The Morgan fingerprint density at radius 2 is 1.67 bits per heavy atom. The molecule has 0 bridgehead atoms. The van der Waals surface area contributed by atoms with Gasteiger partial charge >= 0.3 is 0 Å². The van der Waals surface area contributed by atoms with E-state index in [0.717, 1.165) is 4.90 Å². The fourth-order valence-corrected chi connectivity index (χ4v) is 6.22. The van der Waals surface area contributed by atoms with E-state index in [4.69, 9.17) is 32.7 Å². The zero-order valence-corrected chi connectivity index (χ0v) is 26.9. The Labute approximate surface area is 279 Å². The van der Waals surface area contributed by atoms with Gasteiger partial charge in [-0.1, -0.05) is 59.6 Å². The molecule has 46 heavy (non-hydrogen) atoms. The van der Waals surface area contributed by atoms with Gasteiger partial charge in [-0.2, -0.15) is 0 Å². The van der Waals surface area contributed by atoms with Gasteiger partial charge in [0.25, 0.3) is 11.8 Å². The molecular formula is C34H27Cl2N3O6S. The molecule has 1 heterocycles. The first kappa shape index (κ1) is 32.6. The summed E-state index contributed by atoms with van der Waals surface area (Å²) in [6.07, 6.45) is 1.46. The van der Waals surface area contributed by atoms with Crippen LogP contribution in [0.2, 0.25) is 10.0 Å². The van der Waals surface area contributed by atoms with Crippen LogP contribution in [0.15, 0.2) is 102 Å². The summed E-state index contributed by atoms with van der Waals surface area (Å²) >= 11 is 13.5. The molecule has 0 radical (unpaired) electrons. The number of anilines is 2. The number of amides is 4. The maximum Gasteiger partial charge on any atom is 0.272 e. The Hall–Kier alpha value is -4.77. The van der Waals surface area contributed by atoms with Crippen molar-refractivity contribution in [2.75, 3.05) is 24.4 Å². The van der Waals surface area contributed by atoms with Crippen LogP contribution in [0.3, 0.4) is 0 Å². The third-order valence-corrected chi connectivity index (χ3v) is 8.62. The van der Waals surface area contributed by atoms with Crippen molar-refractivity contribution in [1.82, 2.24) is 5.32 Å². The fourth-order valence-electron chi connectivity index (χ4n) is 4.74. The maximum absolute atomic E-state index is 13.6. The standard InChI is InChI=1S/C34H27Cl2N3O6S/c1-44-28-13-6-10-21(31(28)45-2)16-26(38-32(41)20-8-4-3-5-9-20)33(42)37-23-11-7-12-24(18-23)46-29-19-30(40)39(34(29)43)27-17-22(35)14-15-25(27)36/h3-18,29H,19H2,1-2H3,(H,37,42)(H,38,41)/b26-16-/t29-/m0/s1. The molecule has 0 unspecified atom stereocenters. The number of nitrogens with zero attached hydrogens (tertiary/aromatic N) is 1. The normalized spacial score (nSPS) is 14.7. The average molecular weight is 677 g/mol. The van der Waals surface area contributed by atoms with Crippen LogP contribution in [0, 0.1) is 0 Å². The molecule has 1 atom stereocenters. The van der Waals surface area contributed by atoms with Crippen LogP contribution in [0.25, 0.3) is 6.08 Å². The molecule has 4 aromatic rings. The van der Waals surface area contributed by atoms with Crippen LogP contribution in [0.1, 0.15) is 22.3 Å². The van der Waals surface area contributed by atoms with Crippen molar-refractivity contribution < 1.29 is 28.7 Å². The lowest BCUT2D eigenvalue weighted by atomic mass is 10.1. The average Bonchev–Trinajstić information content (AvgIpc) is 3.33. The first-order valence-corrected chi connectivity index (χ1v) is 15.5. The highest BCUT2D eigenvalue weighted by Gasteiger charge is 2.41. The van der Waals surface area contributed by atoms with Gasteiger partial charge in [0, 0.05) is 33.2 Å². The summed E-state index contributed by atoms with van der Waals surface area (Å²) in [6, 6.07) is 25.1. The summed E-state index contributed by atoms with van der Waals surface area (Å²) in [5.74, 6) is -1.08. The van der Waals surface area contributed by atoms with Crippen molar-refractivity contribution in [3.8, 4) is 11.5 Å². The van der Waals surface area contributed by atoms with E-state index < -0.39 is 28.9 Å². The molecule has 1 aliphatic rings. The lowest BCUT2D eigenvalue weighted by Crippen LogP contribution is -2.31. The number of nitrogens with one attached hydrogen (secondary N) is 2. The Morgan fingerprint density at radius 3 is 2.41 bits per heavy atom. The molecule has 0 spiro atoms. The largest absolute Gasteiger partial charge is 0.493 e. The second-order valence-corrected chi connectivity index (χ2v) is 12.0.